The highest BCUT2D eigenvalue weighted by Crippen LogP contribution is 2.18. The third-order valence-corrected chi connectivity index (χ3v) is 4.76. The topological polar surface area (TPSA) is 69.6 Å². The van der Waals surface area contributed by atoms with Crippen molar-refractivity contribution < 1.29 is 15.0 Å². The number of hydrogen-bond donors (Lipinski definition) is 3. The number of Topliss-reactive ketones (excluding diaryl/α,β-unsaturated/α-hetero) is 1. The smallest absolute Gasteiger partial charge is 0.132 e. The molecule has 0 bridgehead atoms. The SMILES string of the molecule is CC1NC(CCCCCCC(=O)CCCCCO)CCC1O. The zero-order chi connectivity index (χ0) is 16.2. The van der Waals surface area contributed by atoms with Crippen LogP contribution in [0.25, 0.3) is 0 Å². The third kappa shape index (κ3) is 8.86. The molecule has 0 aromatic carbocycles. The number of piperidine rings is 1. The number of hydrogen-bond acceptors (Lipinski definition) is 4. The predicted molar refractivity (Wildman–Crippen MR) is 89.9 cm³/mol. The summed E-state index contributed by atoms with van der Waals surface area (Å²) < 4.78 is 0. The summed E-state index contributed by atoms with van der Waals surface area (Å²) in [6.45, 7) is 2.30. The second-order valence-corrected chi connectivity index (χ2v) is 6.82. The van der Waals surface area contributed by atoms with Gasteiger partial charge in [-0.15, -0.1) is 0 Å². The normalized spacial score (nSPS) is 25.3. The summed E-state index contributed by atoms with van der Waals surface area (Å²) in [4.78, 5) is 11.7. The van der Waals surface area contributed by atoms with Crippen molar-refractivity contribution in [3.05, 3.63) is 0 Å². The Hall–Kier alpha value is -0.450. The molecule has 3 unspecified atom stereocenters. The number of rotatable bonds is 12. The van der Waals surface area contributed by atoms with Crippen LogP contribution in [0.4, 0.5) is 0 Å². The molecule has 22 heavy (non-hydrogen) atoms. The van der Waals surface area contributed by atoms with Crippen LogP contribution in [-0.4, -0.2) is 40.8 Å². The van der Waals surface area contributed by atoms with Gasteiger partial charge in [-0.3, -0.25) is 4.79 Å². The van der Waals surface area contributed by atoms with Gasteiger partial charge in [-0.05, 0) is 45.4 Å². The molecule has 0 amide bonds. The molecule has 0 aliphatic carbocycles. The van der Waals surface area contributed by atoms with E-state index in [0.717, 1.165) is 51.4 Å². The Morgan fingerprint density at radius 3 is 2.27 bits per heavy atom. The van der Waals surface area contributed by atoms with Crippen molar-refractivity contribution in [1.29, 1.82) is 0 Å². The van der Waals surface area contributed by atoms with Gasteiger partial charge in [0.15, 0.2) is 0 Å². The lowest BCUT2D eigenvalue weighted by Gasteiger charge is -2.32. The molecule has 1 rings (SSSR count). The van der Waals surface area contributed by atoms with Crippen LogP contribution in [0.1, 0.15) is 84.0 Å². The van der Waals surface area contributed by atoms with Crippen molar-refractivity contribution in [2.45, 2.75) is 102 Å². The monoisotopic (exact) mass is 313 g/mol. The van der Waals surface area contributed by atoms with Gasteiger partial charge >= 0.3 is 0 Å². The van der Waals surface area contributed by atoms with Gasteiger partial charge in [-0.25, -0.2) is 0 Å². The van der Waals surface area contributed by atoms with Gasteiger partial charge < -0.3 is 15.5 Å². The number of carbonyl (C=O) groups excluding carboxylic acids is 1. The van der Waals surface area contributed by atoms with Gasteiger partial charge in [-0.2, -0.15) is 0 Å². The number of ketones is 1. The quantitative estimate of drug-likeness (QED) is 0.485. The summed E-state index contributed by atoms with van der Waals surface area (Å²) in [6, 6.07) is 0.786. The molecule has 0 aromatic heterocycles. The lowest BCUT2D eigenvalue weighted by Crippen LogP contribution is -2.48. The first-order valence-electron chi connectivity index (χ1n) is 9.20. The first-order chi connectivity index (χ1) is 10.6. The van der Waals surface area contributed by atoms with Gasteiger partial charge in [0.25, 0.3) is 0 Å². The van der Waals surface area contributed by atoms with Crippen molar-refractivity contribution in [3.8, 4) is 0 Å². The summed E-state index contributed by atoms with van der Waals surface area (Å²) in [5.41, 5.74) is 0. The fraction of sp³-hybridized carbons (Fsp3) is 0.944. The van der Waals surface area contributed by atoms with Crippen molar-refractivity contribution in [3.63, 3.8) is 0 Å². The highest BCUT2D eigenvalue weighted by atomic mass is 16.3. The molecular weight excluding hydrogens is 278 g/mol. The maximum absolute atomic E-state index is 11.7. The summed E-state index contributed by atoms with van der Waals surface area (Å²) in [6.07, 6.45) is 11.7. The highest BCUT2D eigenvalue weighted by molar-refractivity contribution is 5.78. The van der Waals surface area contributed by atoms with E-state index in [4.69, 9.17) is 5.11 Å². The molecule has 0 radical (unpaired) electrons. The minimum Gasteiger partial charge on any atom is -0.396 e. The average Bonchev–Trinajstić information content (AvgIpc) is 2.50. The molecule has 4 heteroatoms. The number of unbranched alkanes of at least 4 members (excludes halogenated alkanes) is 5. The Bertz CT molecular complexity index is 296. The van der Waals surface area contributed by atoms with Gasteiger partial charge in [0.05, 0.1) is 6.10 Å². The summed E-state index contributed by atoms with van der Waals surface area (Å²) in [7, 11) is 0. The van der Waals surface area contributed by atoms with E-state index in [1.165, 1.54) is 19.3 Å². The molecular formula is C18H35NO3. The molecule has 1 saturated heterocycles. The lowest BCUT2D eigenvalue weighted by atomic mass is 9.93. The van der Waals surface area contributed by atoms with E-state index in [1.807, 2.05) is 0 Å². The predicted octanol–water partition coefficient (Wildman–Crippen LogP) is 2.95. The number of carbonyl (C=O) groups is 1. The summed E-state index contributed by atoms with van der Waals surface area (Å²) >= 11 is 0. The van der Waals surface area contributed by atoms with E-state index in [9.17, 15) is 9.90 Å². The number of nitrogens with one attached hydrogen (secondary N) is 1. The third-order valence-electron chi connectivity index (χ3n) is 4.76. The van der Waals surface area contributed by atoms with Crippen LogP contribution in [0.2, 0.25) is 0 Å². The van der Waals surface area contributed by atoms with Gasteiger partial charge in [-0.1, -0.05) is 25.7 Å². The van der Waals surface area contributed by atoms with Gasteiger partial charge in [0, 0.05) is 31.5 Å². The van der Waals surface area contributed by atoms with Crippen LogP contribution < -0.4 is 5.32 Å². The molecule has 3 N–H and O–H groups in total. The Morgan fingerprint density at radius 2 is 1.64 bits per heavy atom. The standard InChI is InChI=1S/C18H35NO3/c1-15-18(22)13-12-16(19-15)9-5-2-3-6-10-17(21)11-7-4-8-14-20/h15-16,18-20,22H,2-14H2,1H3. The Kier molecular flexibility index (Phi) is 10.7. The molecule has 130 valence electrons. The molecule has 1 aliphatic heterocycles. The first kappa shape index (κ1) is 19.6. The molecule has 0 spiro atoms. The molecule has 1 heterocycles. The van der Waals surface area contributed by atoms with Crippen molar-refractivity contribution >= 4 is 5.78 Å². The summed E-state index contributed by atoms with van der Waals surface area (Å²) in [5.74, 6) is 0.384. The van der Waals surface area contributed by atoms with Gasteiger partial charge in [0.1, 0.15) is 5.78 Å². The maximum Gasteiger partial charge on any atom is 0.132 e. The largest absolute Gasteiger partial charge is 0.396 e. The molecule has 1 aliphatic rings. The minimum absolute atomic E-state index is 0.181. The van der Waals surface area contributed by atoms with Crippen molar-refractivity contribution in [1.82, 2.24) is 5.32 Å². The Labute approximate surface area is 135 Å². The molecule has 4 nitrogen and oxygen atoms in total. The molecule has 0 aromatic rings. The van der Waals surface area contributed by atoms with Gasteiger partial charge in [0.2, 0.25) is 0 Å². The minimum atomic E-state index is -0.181. The second-order valence-electron chi connectivity index (χ2n) is 6.82. The van der Waals surface area contributed by atoms with E-state index >= 15 is 0 Å². The molecule has 3 atom stereocenters. The van der Waals surface area contributed by atoms with E-state index in [0.29, 0.717) is 18.2 Å². The number of aliphatic hydroxyl groups is 2. The van der Waals surface area contributed by atoms with Crippen molar-refractivity contribution in [2.24, 2.45) is 0 Å². The van der Waals surface area contributed by atoms with Crippen LogP contribution in [-0.2, 0) is 4.79 Å². The maximum atomic E-state index is 11.7. The Balaban J connectivity index is 1.90. The molecule has 1 fully saturated rings. The highest BCUT2D eigenvalue weighted by Gasteiger charge is 2.24. The van der Waals surface area contributed by atoms with E-state index in [-0.39, 0.29) is 18.8 Å². The van der Waals surface area contributed by atoms with Crippen molar-refractivity contribution in [2.75, 3.05) is 6.61 Å². The molecule has 0 saturated carbocycles. The fourth-order valence-electron chi connectivity index (χ4n) is 3.22. The lowest BCUT2D eigenvalue weighted by molar-refractivity contribution is -0.119. The summed E-state index contributed by atoms with van der Waals surface area (Å²) in [5, 5.41) is 21.8. The average molecular weight is 313 g/mol. The second kappa shape index (κ2) is 12.0. The van der Waals surface area contributed by atoms with Crippen LogP contribution in [0.3, 0.4) is 0 Å². The Morgan fingerprint density at radius 1 is 1.00 bits per heavy atom. The van der Waals surface area contributed by atoms with E-state index in [2.05, 4.69) is 12.2 Å². The van der Waals surface area contributed by atoms with Crippen LogP contribution >= 0.6 is 0 Å². The van der Waals surface area contributed by atoms with E-state index < -0.39 is 0 Å². The van der Waals surface area contributed by atoms with Crippen LogP contribution in [0, 0.1) is 0 Å². The van der Waals surface area contributed by atoms with Crippen LogP contribution in [0.15, 0.2) is 0 Å². The number of aliphatic hydroxyl groups excluding tert-OH is 2. The first-order valence-corrected chi connectivity index (χ1v) is 9.20. The zero-order valence-electron chi connectivity index (χ0n) is 14.2. The zero-order valence-corrected chi connectivity index (χ0v) is 14.2. The van der Waals surface area contributed by atoms with Crippen LogP contribution in [0.5, 0.6) is 0 Å². The van der Waals surface area contributed by atoms with E-state index in [1.54, 1.807) is 0 Å². The fourth-order valence-corrected chi connectivity index (χ4v) is 3.22.